The maximum Gasteiger partial charge on any atom is 0.328 e. The van der Waals surface area contributed by atoms with Crippen LogP contribution in [0.5, 0.6) is 0 Å². The first-order valence-electron chi connectivity index (χ1n) is 11.6. The molecule has 1 aliphatic heterocycles. The third kappa shape index (κ3) is 6.68. The van der Waals surface area contributed by atoms with Crippen LogP contribution in [-0.4, -0.2) is 48.1 Å². The average Bonchev–Trinajstić information content (AvgIpc) is 3.17. The molecular formula is C25H34N4O4. The SMILES string of the molecule is COC(=O)[C@@H]1C/C=C/Cn2cc(c3ccccc32)CCCC(=O)N[C@H](CCCCN)C(=O)N1. The highest BCUT2D eigenvalue weighted by Crippen LogP contribution is 2.23. The second kappa shape index (κ2) is 12.2. The first-order valence-corrected chi connectivity index (χ1v) is 11.6. The summed E-state index contributed by atoms with van der Waals surface area (Å²) in [5.41, 5.74) is 7.91. The smallest absolute Gasteiger partial charge is 0.328 e. The summed E-state index contributed by atoms with van der Waals surface area (Å²) in [5.74, 6) is -1.07. The van der Waals surface area contributed by atoms with Crippen LogP contribution in [0.3, 0.4) is 0 Å². The number of carbonyl (C=O) groups is 3. The van der Waals surface area contributed by atoms with Gasteiger partial charge < -0.3 is 25.7 Å². The zero-order chi connectivity index (χ0) is 23.6. The number of ether oxygens (including phenoxy) is 1. The summed E-state index contributed by atoms with van der Waals surface area (Å²) >= 11 is 0. The number of aryl methyl sites for hydroxylation is 1. The molecule has 33 heavy (non-hydrogen) atoms. The van der Waals surface area contributed by atoms with Gasteiger partial charge in [-0.25, -0.2) is 4.79 Å². The number of methoxy groups -OCH3 is 1. The normalized spacial score (nSPS) is 21.3. The van der Waals surface area contributed by atoms with Crippen molar-refractivity contribution in [2.75, 3.05) is 13.7 Å². The number of nitrogens with one attached hydrogen (secondary N) is 2. The van der Waals surface area contributed by atoms with Gasteiger partial charge >= 0.3 is 5.97 Å². The van der Waals surface area contributed by atoms with Crippen molar-refractivity contribution in [2.45, 2.75) is 63.6 Å². The number of nitrogens with zero attached hydrogens (tertiary/aromatic N) is 1. The van der Waals surface area contributed by atoms with E-state index in [9.17, 15) is 14.4 Å². The van der Waals surface area contributed by atoms with Crippen molar-refractivity contribution in [3.63, 3.8) is 0 Å². The second-order valence-corrected chi connectivity index (χ2v) is 8.37. The molecule has 2 aromatic rings. The van der Waals surface area contributed by atoms with E-state index < -0.39 is 18.1 Å². The molecule has 2 heterocycles. The van der Waals surface area contributed by atoms with E-state index in [2.05, 4.69) is 33.5 Å². The van der Waals surface area contributed by atoms with Gasteiger partial charge in [0, 0.05) is 30.1 Å². The molecule has 178 valence electrons. The third-order valence-electron chi connectivity index (χ3n) is 5.96. The second-order valence-electron chi connectivity index (χ2n) is 8.37. The van der Waals surface area contributed by atoms with Gasteiger partial charge in [-0.2, -0.15) is 0 Å². The molecule has 4 N–H and O–H groups in total. The summed E-state index contributed by atoms with van der Waals surface area (Å²) in [4.78, 5) is 37.9. The van der Waals surface area contributed by atoms with Crippen molar-refractivity contribution in [1.29, 1.82) is 0 Å². The average molecular weight is 455 g/mol. The Bertz CT molecular complexity index is 997. The number of hydrogen-bond acceptors (Lipinski definition) is 5. The summed E-state index contributed by atoms with van der Waals surface area (Å²) in [5, 5.41) is 6.80. The molecule has 3 rings (SSSR count). The Balaban J connectivity index is 1.85. The van der Waals surface area contributed by atoms with E-state index >= 15 is 0 Å². The quantitative estimate of drug-likeness (QED) is 0.364. The van der Waals surface area contributed by atoms with Crippen LogP contribution >= 0.6 is 0 Å². The number of para-hydroxylation sites is 1. The Morgan fingerprint density at radius 3 is 2.76 bits per heavy atom. The molecule has 0 saturated heterocycles. The number of benzene rings is 1. The summed E-state index contributed by atoms with van der Waals surface area (Å²) in [6.45, 7) is 1.16. The van der Waals surface area contributed by atoms with E-state index in [0.717, 1.165) is 18.4 Å². The van der Waals surface area contributed by atoms with Crippen molar-refractivity contribution < 1.29 is 19.1 Å². The molecule has 1 aromatic heterocycles. The number of aromatic nitrogens is 1. The Morgan fingerprint density at radius 1 is 1.15 bits per heavy atom. The molecule has 2 amide bonds. The molecule has 0 radical (unpaired) electrons. The van der Waals surface area contributed by atoms with Crippen LogP contribution in [0.1, 0.15) is 44.1 Å². The molecule has 0 fully saturated rings. The number of fused-ring (bicyclic) bond motifs is 5. The molecule has 8 nitrogen and oxygen atoms in total. The van der Waals surface area contributed by atoms with E-state index in [-0.39, 0.29) is 11.8 Å². The molecule has 1 aliphatic rings. The molecule has 8 heteroatoms. The number of allylic oxidation sites excluding steroid dienone is 1. The lowest BCUT2D eigenvalue weighted by molar-refractivity contribution is -0.145. The number of unbranched alkanes of at least 4 members (excludes halogenated alkanes) is 1. The van der Waals surface area contributed by atoms with E-state index in [0.29, 0.717) is 45.2 Å². The Morgan fingerprint density at radius 2 is 1.97 bits per heavy atom. The maximum absolute atomic E-state index is 12.9. The van der Waals surface area contributed by atoms with Gasteiger partial charge in [-0.1, -0.05) is 30.4 Å². The van der Waals surface area contributed by atoms with Crippen molar-refractivity contribution in [3.8, 4) is 0 Å². The van der Waals surface area contributed by atoms with E-state index in [1.54, 1.807) is 0 Å². The Kier molecular flexibility index (Phi) is 9.06. The van der Waals surface area contributed by atoms with Crippen LogP contribution in [0.25, 0.3) is 10.9 Å². The number of hydrogen-bond donors (Lipinski definition) is 3. The fourth-order valence-corrected chi connectivity index (χ4v) is 4.19. The summed E-state index contributed by atoms with van der Waals surface area (Å²) in [6.07, 6.45) is 10.0. The van der Waals surface area contributed by atoms with Gasteiger partial charge in [-0.05, 0) is 56.7 Å². The lowest BCUT2D eigenvalue weighted by Gasteiger charge is -2.22. The largest absolute Gasteiger partial charge is 0.467 e. The molecule has 0 spiro atoms. The van der Waals surface area contributed by atoms with Gasteiger partial charge in [-0.3, -0.25) is 9.59 Å². The topological polar surface area (TPSA) is 115 Å². The van der Waals surface area contributed by atoms with E-state index in [4.69, 9.17) is 10.5 Å². The van der Waals surface area contributed by atoms with Crippen molar-refractivity contribution >= 4 is 28.7 Å². The fourth-order valence-electron chi connectivity index (χ4n) is 4.19. The fraction of sp³-hybridized carbons (Fsp3) is 0.480. The van der Waals surface area contributed by atoms with Gasteiger partial charge in [0.25, 0.3) is 0 Å². The maximum atomic E-state index is 12.9. The highest BCUT2D eigenvalue weighted by atomic mass is 16.5. The van der Waals surface area contributed by atoms with Crippen LogP contribution in [0.4, 0.5) is 0 Å². The minimum Gasteiger partial charge on any atom is -0.467 e. The molecule has 0 unspecified atom stereocenters. The first kappa shape index (κ1) is 24.5. The molecule has 0 aliphatic carbocycles. The van der Waals surface area contributed by atoms with Gasteiger partial charge in [-0.15, -0.1) is 0 Å². The predicted octanol–water partition coefficient (Wildman–Crippen LogP) is 2.20. The van der Waals surface area contributed by atoms with Crippen LogP contribution in [0.2, 0.25) is 0 Å². The van der Waals surface area contributed by atoms with E-state index in [1.165, 1.54) is 18.1 Å². The molecule has 1 aromatic carbocycles. The number of carbonyl (C=O) groups excluding carboxylic acids is 3. The number of esters is 1. The number of nitrogens with two attached hydrogens (primary N) is 1. The lowest BCUT2D eigenvalue weighted by Crippen LogP contribution is -2.51. The molecular weight excluding hydrogens is 420 g/mol. The highest BCUT2D eigenvalue weighted by molar-refractivity contribution is 5.91. The summed E-state index contributed by atoms with van der Waals surface area (Å²) in [7, 11) is 1.30. The lowest BCUT2D eigenvalue weighted by atomic mass is 10.1. The minimum absolute atomic E-state index is 0.173. The summed E-state index contributed by atoms with van der Waals surface area (Å²) < 4.78 is 7.04. The Hall–Kier alpha value is -3.13. The van der Waals surface area contributed by atoms with Crippen LogP contribution in [0.15, 0.2) is 42.6 Å². The van der Waals surface area contributed by atoms with Crippen molar-refractivity contribution in [2.24, 2.45) is 5.73 Å². The monoisotopic (exact) mass is 454 g/mol. The number of amides is 2. The molecule has 2 atom stereocenters. The van der Waals surface area contributed by atoms with Gasteiger partial charge in [0.05, 0.1) is 7.11 Å². The zero-order valence-electron chi connectivity index (χ0n) is 19.2. The molecule has 2 bridgehead atoms. The van der Waals surface area contributed by atoms with Crippen LogP contribution in [0, 0.1) is 0 Å². The van der Waals surface area contributed by atoms with Crippen molar-refractivity contribution in [3.05, 3.63) is 48.2 Å². The zero-order valence-corrected chi connectivity index (χ0v) is 19.2. The van der Waals surface area contributed by atoms with Gasteiger partial charge in [0.15, 0.2) is 0 Å². The van der Waals surface area contributed by atoms with E-state index in [1.807, 2.05) is 24.3 Å². The third-order valence-corrected chi connectivity index (χ3v) is 5.96. The van der Waals surface area contributed by atoms with Crippen LogP contribution < -0.4 is 16.4 Å². The van der Waals surface area contributed by atoms with Gasteiger partial charge in [0.1, 0.15) is 12.1 Å². The predicted molar refractivity (Wildman–Crippen MR) is 127 cm³/mol. The standard InChI is InChI=1S/C25H34N4O4/c1-33-25(32)21-12-5-7-16-29-17-18(19-10-2-3-13-22(19)29)9-8-14-23(30)27-20(24(31)28-21)11-4-6-15-26/h2-3,5,7,10,13,17,20-21H,4,6,8-9,11-12,14-16,26H2,1H3,(H,27,30)(H,28,31)/b7-5+/t20-,21+/m1/s1. The van der Waals surface area contributed by atoms with Crippen LogP contribution in [-0.2, 0) is 32.1 Å². The highest BCUT2D eigenvalue weighted by Gasteiger charge is 2.26. The Labute approximate surface area is 194 Å². The first-order chi connectivity index (χ1) is 16.0. The van der Waals surface area contributed by atoms with Gasteiger partial charge in [0.2, 0.25) is 11.8 Å². The minimum atomic E-state index is -0.822. The number of rotatable bonds is 5. The summed E-state index contributed by atoms with van der Waals surface area (Å²) in [6, 6.07) is 6.67. The van der Waals surface area contributed by atoms with Crippen molar-refractivity contribution in [1.82, 2.24) is 15.2 Å². The molecule has 0 saturated carbocycles.